The number of fused-ring (bicyclic) bond motifs is 4. The molecule has 0 saturated heterocycles. The van der Waals surface area contributed by atoms with Crippen molar-refractivity contribution in [2.45, 2.75) is 77.6 Å². The van der Waals surface area contributed by atoms with Gasteiger partial charge in [-0.3, -0.25) is 9.59 Å². The van der Waals surface area contributed by atoms with E-state index in [1.54, 1.807) is 0 Å². The van der Waals surface area contributed by atoms with Gasteiger partial charge in [-0.1, -0.05) is 6.92 Å². The van der Waals surface area contributed by atoms with Crippen LogP contribution in [0.25, 0.3) is 21.9 Å². The Hall–Kier alpha value is -3.55. The molecule has 1 aromatic heterocycles. The van der Waals surface area contributed by atoms with E-state index in [2.05, 4.69) is 37.6 Å². The van der Waals surface area contributed by atoms with Gasteiger partial charge in [0.2, 0.25) is 17.2 Å². The highest BCUT2D eigenvalue weighted by molar-refractivity contribution is 5.98. The molecule has 8 nitrogen and oxygen atoms in total. The van der Waals surface area contributed by atoms with Gasteiger partial charge in [-0.2, -0.15) is 0 Å². The standard InChI is InChI=1S/C34H43N5O3/c1-2-7-28(40)35-14-15-36-29(41)12-13-37-30-26-20-22-8-3-16-38-18-5-10-24(31(22)38)33(26)42-34-25-11-6-19-39-17-4-9-23(32(25)39)21-27(30)34/h20-21H,2-19H2,1H3,(H,35,40)(H,36,41)/p+1. The van der Waals surface area contributed by atoms with Crippen molar-refractivity contribution >= 4 is 45.1 Å². The predicted octanol–water partition coefficient (Wildman–Crippen LogP) is 2.39. The number of rotatable bonds is 8. The fraction of sp³-hybridized carbons (Fsp3) is 0.559. The summed E-state index contributed by atoms with van der Waals surface area (Å²) in [4.78, 5) is 33.3. The van der Waals surface area contributed by atoms with Crippen LogP contribution < -0.4 is 30.8 Å². The number of hydrogen-bond acceptors (Lipinski definition) is 5. The van der Waals surface area contributed by atoms with Gasteiger partial charge in [-0.15, -0.1) is 0 Å². The highest BCUT2D eigenvalue weighted by Crippen LogP contribution is 2.43. The Labute approximate surface area is 247 Å². The Kier molecular flexibility index (Phi) is 7.55. The summed E-state index contributed by atoms with van der Waals surface area (Å²) in [6.07, 6.45) is 10.7. The van der Waals surface area contributed by atoms with Crippen LogP contribution in [-0.2, 0) is 35.3 Å². The maximum Gasteiger partial charge on any atom is 0.226 e. The third kappa shape index (κ3) is 4.92. The predicted molar refractivity (Wildman–Crippen MR) is 166 cm³/mol. The quantitative estimate of drug-likeness (QED) is 0.286. The lowest BCUT2D eigenvalue weighted by atomic mass is 9.87. The van der Waals surface area contributed by atoms with E-state index < -0.39 is 0 Å². The molecule has 0 atom stereocenters. The van der Waals surface area contributed by atoms with Crippen LogP contribution in [0.5, 0.6) is 0 Å². The molecule has 0 radical (unpaired) electrons. The SMILES string of the molecule is CCCC(=O)NCCNC(=O)CC[NH+]=c1c2cc3c4c(c2oc2c5c6c(cc12)CCCN6CCC5)CCCN4CCC3. The van der Waals surface area contributed by atoms with Gasteiger partial charge in [-0.05, 0) is 81.0 Å². The maximum atomic E-state index is 12.7. The van der Waals surface area contributed by atoms with Gasteiger partial charge >= 0.3 is 0 Å². The lowest BCUT2D eigenvalue weighted by Gasteiger charge is -2.38. The number of carbonyl (C=O) groups excluding carboxylic acids is 2. The number of anilines is 2. The number of benzene rings is 2. The van der Waals surface area contributed by atoms with Gasteiger partial charge in [0, 0.05) is 68.2 Å². The Morgan fingerprint density at radius 3 is 1.79 bits per heavy atom. The molecule has 0 bridgehead atoms. The molecule has 7 rings (SSSR count). The summed E-state index contributed by atoms with van der Waals surface area (Å²) in [5.74, 6) is 0.0306. The fourth-order valence-electron chi connectivity index (χ4n) is 7.81. The lowest BCUT2D eigenvalue weighted by molar-refractivity contribution is -0.496. The molecule has 0 spiro atoms. The number of nitrogens with zero attached hydrogens (tertiary/aromatic N) is 2. The van der Waals surface area contributed by atoms with Crippen molar-refractivity contribution in [1.82, 2.24) is 10.6 Å². The van der Waals surface area contributed by atoms with Crippen molar-refractivity contribution < 1.29 is 19.0 Å². The number of amides is 2. The van der Waals surface area contributed by atoms with E-state index in [4.69, 9.17) is 4.42 Å². The molecule has 0 unspecified atom stereocenters. The normalized spacial score (nSPS) is 17.2. The van der Waals surface area contributed by atoms with Crippen LogP contribution in [0.4, 0.5) is 11.4 Å². The summed E-state index contributed by atoms with van der Waals surface area (Å²) >= 11 is 0. The Balaban J connectivity index is 1.29. The van der Waals surface area contributed by atoms with Gasteiger partial charge in [0.25, 0.3) is 0 Å². The molecule has 2 amide bonds. The van der Waals surface area contributed by atoms with Crippen molar-refractivity contribution in [2.75, 3.05) is 55.6 Å². The molecule has 222 valence electrons. The zero-order chi connectivity index (χ0) is 28.6. The van der Waals surface area contributed by atoms with E-state index in [1.165, 1.54) is 46.5 Å². The monoisotopic (exact) mass is 570 g/mol. The maximum absolute atomic E-state index is 12.7. The number of hydrogen-bond donors (Lipinski definition) is 3. The van der Waals surface area contributed by atoms with Gasteiger partial charge in [0.15, 0.2) is 0 Å². The van der Waals surface area contributed by atoms with Crippen LogP contribution in [0.15, 0.2) is 16.5 Å². The van der Waals surface area contributed by atoms with Gasteiger partial charge < -0.3 is 24.9 Å². The van der Waals surface area contributed by atoms with Crippen LogP contribution in [0, 0.1) is 0 Å². The van der Waals surface area contributed by atoms with Crippen LogP contribution >= 0.6 is 0 Å². The number of carbonyl (C=O) groups is 2. The van der Waals surface area contributed by atoms with Crippen LogP contribution in [0.3, 0.4) is 0 Å². The first-order valence-corrected chi connectivity index (χ1v) is 16.3. The summed E-state index contributed by atoms with van der Waals surface area (Å²) in [6, 6.07) is 4.76. The molecule has 0 fully saturated rings. The average Bonchev–Trinajstić information content (AvgIpc) is 3.00. The molecule has 3 aromatic rings. The first-order valence-electron chi connectivity index (χ1n) is 16.3. The van der Waals surface area contributed by atoms with E-state index in [9.17, 15) is 9.59 Å². The third-order valence-corrected chi connectivity index (χ3v) is 9.59. The average molecular weight is 571 g/mol. The second-order valence-corrected chi connectivity index (χ2v) is 12.5. The molecule has 8 heteroatoms. The molecule has 42 heavy (non-hydrogen) atoms. The minimum absolute atomic E-state index is 0.00676. The summed E-state index contributed by atoms with van der Waals surface area (Å²) in [5, 5.41) is 9.27. The minimum Gasteiger partial charge on any atom is -0.455 e. The van der Waals surface area contributed by atoms with Gasteiger partial charge in [-0.25, -0.2) is 4.99 Å². The molecule has 0 aliphatic carbocycles. The summed E-state index contributed by atoms with van der Waals surface area (Å²) in [6.45, 7) is 7.97. The second kappa shape index (κ2) is 11.6. The van der Waals surface area contributed by atoms with Crippen molar-refractivity contribution in [1.29, 1.82) is 0 Å². The topological polar surface area (TPSA) is 91.8 Å². The zero-order valence-corrected chi connectivity index (χ0v) is 25.0. The Morgan fingerprint density at radius 1 is 0.762 bits per heavy atom. The smallest absolute Gasteiger partial charge is 0.226 e. The van der Waals surface area contributed by atoms with E-state index in [0.717, 1.165) is 98.4 Å². The minimum atomic E-state index is -0.00676. The molecule has 4 aliphatic heterocycles. The molecule has 0 saturated carbocycles. The second-order valence-electron chi connectivity index (χ2n) is 12.5. The first-order chi connectivity index (χ1) is 20.6. The van der Waals surface area contributed by atoms with Crippen LogP contribution in [-0.4, -0.2) is 57.6 Å². The number of nitrogens with one attached hydrogen (secondary N) is 3. The highest BCUT2D eigenvalue weighted by Gasteiger charge is 2.31. The fourth-order valence-corrected chi connectivity index (χ4v) is 7.81. The van der Waals surface area contributed by atoms with Crippen molar-refractivity contribution in [2.24, 2.45) is 0 Å². The van der Waals surface area contributed by atoms with Crippen molar-refractivity contribution in [3.63, 3.8) is 0 Å². The van der Waals surface area contributed by atoms with E-state index >= 15 is 0 Å². The molecular formula is C34H44N5O3+. The van der Waals surface area contributed by atoms with E-state index in [-0.39, 0.29) is 11.8 Å². The van der Waals surface area contributed by atoms with Gasteiger partial charge in [0.1, 0.15) is 17.7 Å². The molecule has 2 aromatic carbocycles. The molecule has 3 N–H and O–H groups in total. The van der Waals surface area contributed by atoms with E-state index in [1.807, 2.05) is 6.92 Å². The van der Waals surface area contributed by atoms with Crippen molar-refractivity contribution in [3.05, 3.63) is 39.7 Å². The highest BCUT2D eigenvalue weighted by atomic mass is 16.3. The zero-order valence-electron chi connectivity index (χ0n) is 25.0. The van der Waals surface area contributed by atoms with Crippen LogP contribution in [0.1, 0.15) is 74.1 Å². The van der Waals surface area contributed by atoms with Gasteiger partial charge in [0.05, 0.1) is 17.2 Å². The Bertz CT molecular complexity index is 1530. The van der Waals surface area contributed by atoms with Crippen molar-refractivity contribution in [3.8, 4) is 0 Å². The molecule has 5 heterocycles. The van der Waals surface area contributed by atoms with Crippen LogP contribution in [0.2, 0.25) is 0 Å². The summed E-state index contributed by atoms with van der Waals surface area (Å²) in [7, 11) is 0. The Morgan fingerprint density at radius 2 is 1.26 bits per heavy atom. The molecule has 4 aliphatic rings. The first kappa shape index (κ1) is 27.3. The molecular weight excluding hydrogens is 526 g/mol. The largest absolute Gasteiger partial charge is 0.455 e. The number of aryl methyl sites for hydroxylation is 4. The summed E-state index contributed by atoms with van der Waals surface area (Å²) in [5.41, 5.74) is 10.5. The summed E-state index contributed by atoms with van der Waals surface area (Å²) < 4.78 is 7.05. The lowest BCUT2D eigenvalue weighted by Crippen LogP contribution is -2.77. The third-order valence-electron chi connectivity index (χ3n) is 9.59. The van der Waals surface area contributed by atoms with E-state index in [0.29, 0.717) is 32.5 Å².